The second-order valence-corrected chi connectivity index (χ2v) is 4.54. The van der Waals surface area contributed by atoms with Crippen LogP contribution < -0.4 is 5.56 Å². The molecule has 0 aromatic carbocycles. The minimum atomic E-state index is -2.85. The van der Waals surface area contributed by atoms with Gasteiger partial charge in [-0.15, -0.1) is 0 Å². The van der Waals surface area contributed by atoms with E-state index in [-0.39, 0.29) is 0 Å². The first-order valence-corrected chi connectivity index (χ1v) is 5.80. The molecule has 0 aliphatic carbocycles. The van der Waals surface area contributed by atoms with Crippen LogP contribution in [0.3, 0.4) is 0 Å². The fourth-order valence-corrected chi connectivity index (χ4v) is 2.13. The van der Waals surface area contributed by atoms with Crippen molar-refractivity contribution in [3.8, 4) is 5.69 Å². The highest BCUT2D eigenvalue weighted by atomic mass is 127. The zero-order valence-corrected chi connectivity index (χ0v) is 10.9. The second kappa shape index (κ2) is 4.55. The lowest BCUT2D eigenvalue weighted by molar-refractivity contribution is 0.0663. The van der Waals surface area contributed by atoms with Crippen LogP contribution in [0.4, 0.5) is 8.78 Å². The molecule has 0 radical (unpaired) electrons. The summed E-state index contributed by atoms with van der Waals surface area (Å²) in [4.78, 5) is 11.2. The summed E-state index contributed by atoms with van der Waals surface area (Å²) in [6, 6.07) is 4.39. The number of pyridine rings is 1. The molecule has 0 atom stereocenters. The molecule has 7 heteroatoms. The van der Waals surface area contributed by atoms with Crippen molar-refractivity contribution in [3.05, 3.63) is 44.1 Å². The van der Waals surface area contributed by atoms with E-state index in [4.69, 9.17) is 0 Å². The third-order valence-electron chi connectivity index (χ3n) is 2.23. The van der Waals surface area contributed by atoms with Crippen LogP contribution >= 0.6 is 22.6 Å². The Morgan fingerprint density at radius 2 is 2.12 bits per heavy atom. The van der Waals surface area contributed by atoms with Crippen LogP contribution in [0, 0.1) is 10.6 Å². The fourth-order valence-electron chi connectivity index (χ4n) is 1.47. The van der Waals surface area contributed by atoms with E-state index in [0.29, 0.717) is 10.3 Å². The Kier molecular flexibility index (Phi) is 3.27. The Bertz CT molecular complexity index is 606. The summed E-state index contributed by atoms with van der Waals surface area (Å²) < 4.78 is 27.8. The predicted molar refractivity (Wildman–Crippen MR) is 66.5 cm³/mol. The summed E-state index contributed by atoms with van der Waals surface area (Å²) in [6.45, 7) is -1.04. The lowest BCUT2D eigenvalue weighted by Gasteiger charge is -2.08. The summed E-state index contributed by atoms with van der Waals surface area (Å²) in [5, 5.41) is 4.15. The highest BCUT2D eigenvalue weighted by Crippen LogP contribution is 2.14. The van der Waals surface area contributed by atoms with Crippen LogP contribution in [0.5, 0.6) is 0 Å². The number of aryl methyl sites for hydroxylation is 1. The van der Waals surface area contributed by atoms with Crippen LogP contribution in [0.2, 0.25) is 0 Å². The van der Waals surface area contributed by atoms with Gasteiger partial charge in [-0.25, -0.2) is 4.68 Å². The third kappa shape index (κ3) is 2.38. The Morgan fingerprint density at radius 1 is 1.41 bits per heavy atom. The van der Waals surface area contributed by atoms with E-state index < -0.39 is 12.1 Å². The van der Waals surface area contributed by atoms with Crippen LogP contribution in [0.25, 0.3) is 5.69 Å². The molecular formula is C10H8F2IN3O. The van der Waals surface area contributed by atoms with E-state index in [2.05, 4.69) is 5.10 Å². The van der Waals surface area contributed by atoms with Crippen molar-refractivity contribution in [2.24, 2.45) is 0 Å². The molecule has 2 aromatic heterocycles. The number of aromatic nitrogens is 3. The van der Waals surface area contributed by atoms with Gasteiger partial charge < -0.3 is 0 Å². The number of rotatable bonds is 2. The first kappa shape index (κ1) is 12.2. The number of halogens is 3. The number of alkyl halides is 2. The van der Waals surface area contributed by atoms with Crippen molar-refractivity contribution in [1.29, 1.82) is 0 Å². The second-order valence-electron chi connectivity index (χ2n) is 3.43. The van der Waals surface area contributed by atoms with Crippen molar-refractivity contribution in [2.75, 3.05) is 0 Å². The van der Waals surface area contributed by atoms with Gasteiger partial charge in [-0.3, -0.25) is 9.36 Å². The molecule has 2 rings (SSSR count). The Balaban J connectivity index is 2.57. The SMILES string of the molecule is Cc1cc(I)nn1-c1ccc(=O)n(C(F)F)c1. The summed E-state index contributed by atoms with van der Waals surface area (Å²) in [5.41, 5.74) is 0.516. The Morgan fingerprint density at radius 3 is 2.65 bits per heavy atom. The van der Waals surface area contributed by atoms with E-state index in [1.54, 1.807) is 0 Å². The van der Waals surface area contributed by atoms with Crippen molar-refractivity contribution in [3.63, 3.8) is 0 Å². The minimum Gasteiger partial charge on any atom is -0.269 e. The largest absolute Gasteiger partial charge is 0.321 e. The molecule has 0 amide bonds. The maximum absolute atomic E-state index is 12.6. The van der Waals surface area contributed by atoms with E-state index in [9.17, 15) is 13.6 Å². The maximum Gasteiger partial charge on any atom is 0.321 e. The molecule has 0 bridgehead atoms. The van der Waals surface area contributed by atoms with Gasteiger partial charge in [-0.1, -0.05) is 0 Å². The summed E-state index contributed by atoms with van der Waals surface area (Å²) in [5.74, 6) is 0. The monoisotopic (exact) mass is 351 g/mol. The lowest BCUT2D eigenvalue weighted by Crippen LogP contribution is -2.20. The normalized spacial score (nSPS) is 11.1. The smallest absolute Gasteiger partial charge is 0.269 e. The van der Waals surface area contributed by atoms with Crippen molar-refractivity contribution in [1.82, 2.24) is 14.3 Å². The van der Waals surface area contributed by atoms with Crippen LogP contribution in [0.15, 0.2) is 29.2 Å². The standard InChI is InChI=1S/C10H8F2IN3O/c1-6-4-8(13)14-16(6)7-2-3-9(17)15(5-7)10(11)12/h2-5,10H,1H3. The number of hydrogen-bond acceptors (Lipinski definition) is 2. The molecule has 2 heterocycles. The quantitative estimate of drug-likeness (QED) is 0.780. The van der Waals surface area contributed by atoms with Gasteiger partial charge in [-0.2, -0.15) is 13.9 Å². The molecule has 0 unspecified atom stereocenters. The van der Waals surface area contributed by atoms with Gasteiger partial charge in [-0.05, 0) is 41.6 Å². The zero-order chi connectivity index (χ0) is 12.6. The molecule has 0 saturated heterocycles. The Hall–Kier alpha value is -1.25. The van der Waals surface area contributed by atoms with Crippen molar-refractivity contribution < 1.29 is 8.78 Å². The van der Waals surface area contributed by atoms with E-state index >= 15 is 0 Å². The van der Waals surface area contributed by atoms with Gasteiger partial charge in [0.25, 0.3) is 5.56 Å². The summed E-state index contributed by atoms with van der Waals surface area (Å²) >= 11 is 2.03. The highest BCUT2D eigenvalue weighted by Gasteiger charge is 2.11. The first-order chi connectivity index (χ1) is 7.99. The Labute approximate surface area is 109 Å². The molecule has 0 aliphatic rings. The average Bonchev–Trinajstić information content (AvgIpc) is 2.58. The van der Waals surface area contributed by atoms with E-state index in [1.165, 1.54) is 10.7 Å². The van der Waals surface area contributed by atoms with Crippen LogP contribution in [-0.2, 0) is 0 Å². The van der Waals surface area contributed by atoms with Gasteiger partial charge in [0.2, 0.25) is 0 Å². The molecule has 90 valence electrons. The molecule has 0 N–H and O–H groups in total. The van der Waals surface area contributed by atoms with Gasteiger partial charge in [0.05, 0.1) is 5.69 Å². The maximum atomic E-state index is 12.6. The van der Waals surface area contributed by atoms with E-state index in [1.807, 2.05) is 35.6 Å². The summed E-state index contributed by atoms with van der Waals surface area (Å²) in [7, 11) is 0. The third-order valence-corrected chi connectivity index (χ3v) is 2.76. The van der Waals surface area contributed by atoms with Crippen molar-refractivity contribution >= 4 is 22.6 Å². The molecule has 4 nitrogen and oxygen atoms in total. The topological polar surface area (TPSA) is 39.8 Å². The first-order valence-electron chi connectivity index (χ1n) is 4.72. The van der Waals surface area contributed by atoms with Crippen LogP contribution in [0.1, 0.15) is 12.2 Å². The molecule has 0 fully saturated rings. The van der Waals surface area contributed by atoms with Gasteiger partial charge in [0.1, 0.15) is 3.70 Å². The molecule has 0 aliphatic heterocycles. The zero-order valence-electron chi connectivity index (χ0n) is 8.77. The van der Waals surface area contributed by atoms with Crippen molar-refractivity contribution in [2.45, 2.75) is 13.5 Å². The molecular weight excluding hydrogens is 343 g/mol. The molecule has 0 saturated carbocycles. The van der Waals surface area contributed by atoms with E-state index in [0.717, 1.165) is 21.7 Å². The summed E-state index contributed by atoms with van der Waals surface area (Å²) in [6.07, 6.45) is 1.10. The van der Waals surface area contributed by atoms with Gasteiger partial charge in [0, 0.05) is 18.0 Å². The highest BCUT2D eigenvalue weighted by molar-refractivity contribution is 14.1. The molecule has 2 aromatic rings. The predicted octanol–water partition coefficient (Wildman–Crippen LogP) is 2.34. The minimum absolute atomic E-state index is 0.378. The molecule has 0 spiro atoms. The van der Waals surface area contributed by atoms with Crippen LogP contribution in [-0.4, -0.2) is 14.3 Å². The lowest BCUT2D eigenvalue weighted by atomic mass is 10.4. The number of hydrogen-bond donors (Lipinski definition) is 0. The molecule has 17 heavy (non-hydrogen) atoms. The van der Waals surface area contributed by atoms with Gasteiger partial charge >= 0.3 is 6.55 Å². The number of nitrogens with zero attached hydrogens (tertiary/aromatic N) is 3. The van der Waals surface area contributed by atoms with Gasteiger partial charge in [0.15, 0.2) is 0 Å². The fraction of sp³-hybridized carbons (Fsp3) is 0.200. The average molecular weight is 351 g/mol.